The molecule has 3 aromatic rings. The van der Waals surface area contributed by atoms with E-state index < -0.39 is 11.1 Å². The van der Waals surface area contributed by atoms with Crippen molar-refractivity contribution in [3.8, 4) is 6.01 Å². The molecule has 6 heteroatoms. The van der Waals surface area contributed by atoms with Gasteiger partial charge in [-0.1, -0.05) is 56.2 Å². The highest BCUT2D eigenvalue weighted by molar-refractivity contribution is 7.78. The van der Waals surface area contributed by atoms with Gasteiger partial charge < -0.3 is 9.29 Å². The van der Waals surface area contributed by atoms with Crippen molar-refractivity contribution >= 4 is 22.1 Å². The van der Waals surface area contributed by atoms with Gasteiger partial charge in [-0.05, 0) is 29.7 Å². The third kappa shape index (κ3) is 4.51. The minimum atomic E-state index is -1.87. The van der Waals surface area contributed by atoms with E-state index in [1.807, 2.05) is 53.1 Å². The molecule has 1 atom stereocenters. The Labute approximate surface area is 156 Å². The summed E-state index contributed by atoms with van der Waals surface area (Å²) in [6, 6.07) is 16.2. The number of hydrogen-bond acceptors (Lipinski definition) is 3. The summed E-state index contributed by atoms with van der Waals surface area (Å²) < 4.78 is 28.6. The molecule has 0 radical (unpaired) electrons. The summed E-state index contributed by atoms with van der Waals surface area (Å²) in [5.74, 6) is 0.121. The highest BCUT2D eigenvalue weighted by atomic mass is 32.2. The summed E-state index contributed by atoms with van der Waals surface area (Å²) in [7, 11) is 0. The van der Waals surface area contributed by atoms with Gasteiger partial charge in [0.05, 0.1) is 29.9 Å². The van der Waals surface area contributed by atoms with E-state index in [9.17, 15) is 8.76 Å². The van der Waals surface area contributed by atoms with E-state index in [1.165, 1.54) is 0 Å². The van der Waals surface area contributed by atoms with Crippen molar-refractivity contribution in [1.29, 1.82) is 0 Å². The van der Waals surface area contributed by atoms with E-state index in [0.717, 1.165) is 41.4 Å². The van der Waals surface area contributed by atoms with Crippen molar-refractivity contribution in [2.45, 2.75) is 38.5 Å². The molecule has 0 fully saturated rings. The van der Waals surface area contributed by atoms with E-state index in [0.29, 0.717) is 19.2 Å². The van der Waals surface area contributed by atoms with Crippen LogP contribution < -0.4 is 4.74 Å². The second kappa shape index (κ2) is 8.96. The molecule has 26 heavy (non-hydrogen) atoms. The molecule has 0 aliphatic rings. The first-order chi connectivity index (χ1) is 12.7. The standard InChI is InChI=1S/C20H24N2O3S/c1-2-3-8-13-25-20-21-18-11-6-7-12-19(18)22(20)14-16-9-4-5-10-17(16)15-26(23)24/h4-7,9-12H,2-3,8,13-15H2,1H3,(H,23,24). The van der Waals surface area contributed by atoms with E-state index in [2.05, 4.69) is 11.9 Å². The van der Waals surface area contributed by atoms with Gasteiger partial charge in [0.15, 0.2) is 11.1 Å². The van der Waals surface area contributed by atoms with Gasteiger partial charge in [0.25, 0.3) is 6.01 Å². The number of hydrogen-bond donors (Lipinski definition) is 1. The first-order valence-electron chi connectivity index (χ1n) is 8.91. The minimum Gasteiger partial charge on any atom is -0.465 e. The Morgan fingerprint density at radius 2 is 1.81 bits per heavy atom. The van der Waals surface area contributed by atoms with Crippen LogP contribution in [0.25, 0.3) is 11.0 Å². The summed E-state index contributed by atoms with van der Waals surface area (Å²) >= 11 is -1.87. The van der Waals surface area contributed by atoms with Gasteiger partial charge in [0.2, 0.25) is 0 Å². The molecule has 1 unspecified atom stereocenters. The maximum Gasteiger partial charge on any atom is 0.297 e. The van der Waals surface area contributed by atoms with Crippen molar-refractivity contribution in [2.75, 3.05) is 6.61 Å². The fourth-order valence-corrected chi connectivity index (χ4v) is 3.54. The predicted octanol–water partition coefficient (Wildman–Crippen LogP) is 4.38. The first-order valence-corrected chi connectivity index (χ1v) is 10.2. The zero-order valence-corrected chi connectivity index (χ0v) is 15.7. The molecule has 0 aliphatic carbocycles. The second-order valence-electron chi connectivity index (χ2n) is 6.26. The Morgan fingerprint density at radius 3 is 2.58 bits per heavy atom. The summed E-state index contributed by atoms with van der Waals surface area (Å²) in [6.07, 6.45) is 3.27. The largest absolute Gasteiger partial charge is 0.465 e. The molecule has 1 N–H and O–H groups in total. The Bertz CT molecular complexity index is 892. The molecule has 1 heterocycles. The topological polar surface area (TPSA) is 64.4 Å². The summed E-state index contributed by atoms with van der Waals surface area (Å²) in [5, 5.41) is 0. The van der Waals surface area contributed by atoms with E-state index in [1.54, 1.807) is 0 Å². The number of fused-ring (bicyclic) bond motifs is 1. The fourth-order valence-electron chi connectivity index (χ4n) is 2.99. The molecule has 0 saturated heterocycles. The van der Waals surface area contributed by atoms with Gasteiger partial charge in [-0.3, -0.25) is 4.57 Å². The number of benzene rings is 2. The summed E-state index contributed by atoms with van der Waals surface area (Å²) in [6.45, 7) is 3.35. The van der Waals surface area contributed by atoms with Crippen LogP contribution in [0.3, 0.4) is 0 Å². The maximum atomic E-state index is 11.3. The number of ether oxygens (including phenoxy) is 1. The second-order valence-corrected chi connectivity index (χ2v) is 7.19. The SMILES string of the molecule is CCCCCOc1nc2ccccc2n1Cc1ccccc1CS(=O)O. The fraction of sp³-hybridized carbons (Fsp3) is 0.350. The molecule has 2 aromatic carbocycles. The molecular weight excluding hydrogens is 348 g/mol. The van der Waals surface area contributed by atoms with Crippen LogP contribution in [-0.2, 0) is 23.4 Å². The lowest BCUT2D eigenvalue weighted by atomic mass is 10.1. The smallest absolute Gasteiger partial charge is 0.297 e. The van der Waals surface area contributed by atoms with Gasteiger partial charge >= 0.3 is 0 Å². The highest BCUT2D eigenvalue weighted by Gasteiger charge is 2.14. The number of para-hydroxylation sites is 2. The Hall–Kier alpha value is -2.18. The predicted molar refractivity (Wildman–Crippen MR) is 105 cm³/mol. The zero-order chi connectivity index (χ0) is 18.4. The maximum absolute atomic E-state index is 11.3. The molecule has 0 amide bonds. The number of nitrogens with zero attached hydrogens (tertiary/aromatic N) is 2. The summed E-state index contributed by atoms with van der Waals surface area (Å²) in [5.41, 5.74) is 3.75. The Balaban J connectivity index is 1.92. The van der Waals surface area contributed by atoms with Crippen LogP contribution in [0.4, 0.5) is 0 Å². The van der Waals surface area contributed by atoms with E-state index in [4.69, 9.17) is 4.74 Å². The average Bonchev–Trinajstić information content (AvgIpc) is 2.98. The first kappa shape index (κ1) is 18.6. The van der Waals surface area contributed by atoms with Crippen LogP contribution in [0.1, 0.15) is 37.3 Å². The van der Waals surface area contributed by atoms with Gasteiger partial charge in [-0.2, -0.15) is 4.98 Å². The van der Waals surface area contributed by atoms with Crippen LogP contribution in [0.2, 0.25) is 0 Å². The molecule has 0 spiro atoms. The molecule has 0 bridgehead atoms. The molecule has 138 valence electrons. The van der Waals surface area contributed by atoms with Gasteiger partial charge in [-0.25, -0.2) is 4.21 Å². The monoisotopic (exact) mass is 372 g/mol. The average molecular weight is 372 g/mol. The van der Waals surface area contributed by atoms with Crippen LogP contribution in [0.15, 0.2) is 48.5 Å². The molecule has 0 saturated carbocycles. The van der Waals surface area contributed by atoms with Crippen molar-refractivity contribution in [3.63, 3.8) is 0 Å². The molecule has 0 aliphatic heterocycles. The molecule has 5 nitrogen and oxygen atoms in total. The lowest BCUT2D eigenvalue weighted by molar-refractivity contribution is 0.273. The van der Waals surface area contributed by atoms with E-state index in [-0.39, 0.29) is 5.75 Å². The molecular formula is C20H24N2O3S. The quantitative estimate of drug-likeness (QED) is 0.447. The highest BCUT2D eigenvalue weighted by Crippen LogP contribution is 2.24. The number of rotatable bonds is 9. The third-order valence-corrected chi connectivity index (χ3v) is 4.88. The van der Waals surface area contributed by atoms with Crippen molar-refractivity contribution < 1.29 is 13.5 Å². The van der Waals surface area contributed by atoms with Crippen LogP contribution >= 0.6 is 0 Å². The van der Waals surface area contributed by atoms with Crippen molar-refractivity contribution in [2.24, 2.45) is 0 Å². The lowest BCUT2D eigenvalue weighted by Gasteiger charge is -2.13. The van der Waals surface area contributed by atoms with Crippen LogP contribution in [-0.4, -0.2) is 24.9 Å². The van der Waals surface area contributed by atoms with Crippen molar-refractivity contribution in [3.05, 3.63) is 59.7 Å². The Morgan fingerprint density at radius 1 is 1.08 bits per heavy atom. The number of aromatic nitrogens is 2. The van der Waals surface area contributed by atoms with Crippen molar-refractivity contribution in [1.82, 2.24) is 9.55 Å². The van der Waals surface area contributed by atoms with Crippen LogP contribution in [0.5, 0.6) is 6.01 Å². The van der Waals surface area contributed by atoms with Gasteiger partial charge in [0, 0.05) is 0 Å². The molecule has 1 aromatic heterocycles. The van der Waals surface area contributed by atoms with Crippen LogP contribution in [0, 0.1) is 0 Å². The molecule has 3 rings (SSSR count). The number of imidazole rings is 1. The Kier molecular flexibility index (Phi) is 6.41. The van der Waals surface area contributed by atoms with E-state index >= 15 is 0 Å². The minimum absolute atomic E-state index is 0.121. The third-order valence-electron chi connectivity index (χ3n) is 4.32. The lowest BCUT2D eigenvalue weighted by Crippen LogP contribution is -2.08. The summed E-state index contributed by atoms with van der Waals surface area (Å²) in [4.78, 5) is 4.63. The normalized spacial score (nSPS) is 12.4. The van der Waals surface area contributed by atoms with Gasteiger partial charge in [-0.15, -0.1) is 0 Å². The zero-order valence-electron chi connectivity index (χ0n) is 14.9. The number of unbranched alkanes of at least 4 members (excludes halogenated alkanes) is 2. The van der Waals surface area contributed by atoms with Gasteiger partial charge in [0.1, 0.15) is 0 Å².